The summed E-state index contributed by atoms with van der Waals surface area (Å²) in [6.07, 6.45) is 8.47. The van der Waals surface area contributed by atoms with E-state index in [9.17, 15) is 10.1 Å². The molecule has 2 heteroatoms. The fourth-order valence-corrected chi connectivity index (χ4v) is 2.60. The Labute approximate surface area is 84.6 Å². The molecule has 0 spiro atoms. The van der Waals surface area contributed by atoms with Crippen LogP contribution in [-0.4, -0.2) is 5.78 Å². The predicted octanol–water partition coefficient (Wildman–Crippen LogP) is 2.75. The van der Waals surface area contributed by atoms with E-state index in [2.05, 4.69) is 6.07 Å². The molecule has 2 aliphatic rings. The monoisotopic (exact) mass is 189 g/mol. The van der Waals surface area contributed by atoms with E-state index in [1.165, 1.54) is 6.42 Å². The lowest BCUT2D eigenvalue weighted by Crippen LogP contribution is -2.26. The Morgan fingerprint density at radius 1 is 1.21 bits per heavy atom. The van der Waals surface area contributed by atoms with Crippen molar-refractivity contribution in [3.05, 3.63) is 11.6 Å². The van der Waals surface area contributed by atoms with Gasteiger partial charge in [-0.3, -0.25) is 4.79 Å². The lowest BCUT2D eigenvalue weighted by atomic mass is 9.70. The zero-order chi connectivity index (χ0) is 10.0. The van der Waals surface area contributed by atoms with Gasteiger partial charge in [0.2, 0.25) is 0 Å². The fourth-order valence-electron chi connectivity index (χ4n) is 2.60. The van der Waals surface area contributed by atoms with Gasteiger partial charge in [0.1, 0.15) is 0 Å². The van der Waals surface area contributed by atoms with Crippen LogP contribution in [0.2, 0.25) is 0 Å². The third-order valence-electron chi connectivity index (χ3n) is 3.51. The molecule has 0 radical (unpaired) electrons. The summed E-state index contributed by atoms with van der Waals surface area (Å²) in [7, 11) is 0. The maximum atomic E-state index is 11.3. The van der Waals surface area contributed by atoms with E-state index < -0.39 is 0 Å². The first-order valence-corrected chi connectivity index (χ1v) is 5.42. The van der Waals surface area contributed by atoms with Crippen LogP contribution in [-0.2, 0) is 4.79 Å². The molecule has 0 aromatic heterocycles. The average molecular weight is 189 g/mol. The number of hydrogen-bond donors (Lipinski definition) is 0. The van der Waals surface area contributed by atoms with Gasteiger partial charge >= 0.3 is 0 Å². The lowest BCUT2D eigenvalue weighted by molar-refractivity contribution is -0.115. The van der Waals surface area contributed by atoms with Crippen molar-refractivity contribution in [2.75, 3.05) is 0 Å². The SMILES string of the molecule is N#CC12CCCCCC1=CC(=O)CC2. The quantitative estimate of drug-likeness (QED) is 0.588. The van der Waals surface area contributed by atoms with Gasteiger partial charge in [0.05, 0.1) is 11.5 Å². The molecule has 0 bridgehead atoms. The number of carbonyl (C=O) groups excluding carboxylic acids is 1. The molecule has 0 saturated heterocycles. The maximum Gasteiger partial charge on any atom is 0.155 e. The molecule has 2 aliphatic carbocycles. The Hall–Kier alpha value is -1.10. The van der Waals surface area contributed by atoms with Crippen LogP contribution in [0.5, 0.6) is 0 Å². The molecule has 0 N–H and O–H groups in total. The standard InChI is InChI=1S/C12H15NO/c13-9-12-6-3-1-2-4-10(12)8-11(14)5-7-12/h8H,1-7H2. The molecule has 1 saturated carbocycles. The summed E-state index contributed by atoms with van der Waals surface area (Å²) in [5.74, 6) is 0.216. The number of nitriles is 1. The Morgan fingerprint density at radius 3 is 2.86 bits per heavy atom. The van der Waals surface area contributed by atoms with Crippen molar-refractivity contribution in [3.63, 3.8) is 0 Å². The van der Waals surface area contributed by atoms with E-state index in [1.807, 2.05) is 0 Å². The minimum Gasteiger partial charge on any atom is -0.295 e. The Balaban J connectivity index is 2.36. The number of hydrogen-bond acceptors (Lipinski definition) is 2. The zero-order valence-electron chi connectivity index (χ0n) is 8.38. The van der Waals surface area contributed by atoms with Gasteiger partial charge in [-0.25, -0.2) is 0 Å². The van der Waals surface area contributed by atoms with Gasteiger partial charge in [-0.05, 0) is 37.3 Å². The van der Waals surface area contributed by atoms with Crippen molar-refractivity contribution in [1.82, 2.24) is 0 Å². The second-order valence-corrected chi connectivity index (χ2v) is 4.39. The highest BCUT2D eigenvalue weighted by Gasteiger charge is 2.38. The predicted molar refractivity (Wildman–Crippen MR) is 53.5 cm³/mol. The van der Waals surface area contributed by atoms with E-state index in [-0.39, 0.29) is 11.2 Å². The highest BCUT2D eigenvalue weighted by molar-refractivity contribution is 5.91. The molecule has 0 aromatic rings. The second-order valence-electron chi connectivity index (χ2n) is 4.39. The van der Waals surface area contributed by atoms with E-state index in [1.54, 1.807) is 6.08 Å². The average Bonchev–Trinajstić information content (AvgIpc) is 2.40. The van der Waals surface area contributed by atoms with Crippen LogP contribution >= 0.6 is 0 Å². The Kier molecular flexibility index (Phi) is 2.41. The van der Waals surface area contributed by atoms with Crippen LogP contribution in [0.3, 0.4) is 0 Å². The molecule has 2 nitrogen and oxygen atoms in total. The topological polar surface area (TPSA) is 40.9 Å². The van der Waals surface area contributed by atoms with Crippen LogP contribution in [0.1, 0.15) is 44.9 Å². The fraction of sp³-hybridized carbons (Fsp3) is 0.667. The highest BCUT2D eigenvalue weighted by Crippen LogP contribution is 2.44. The third-order valence-corrected chi connectivity index (χ3v) is 3.51. The highest BCUT2D eigenvalue weighted by atomic mass is 16.1. The number of nitrogens with zero attached hydrogens (tertiary/aromatic N) is 1. The largest absolute Gasteiger partial charge is 0.295 e. The summed E-state index contributed by atoms with van der Waals surface area (Å²) in [5, 5.41) is 9.29. The first-order chi connectivity index (χ1) is 6.77. The molecule has 0 aromatic carbocycles. The first kappa shape index (κ1) is 9.45. The molecule has 0 heterocycles. The van der Waals surface area contributed by atoms with Crippen LogP contribution < -0.4 is 0 Å². The maximum absolute atomic E-state index is 11.3. The Bertz CT molecular complexity index is 324. The van der Waals surface area contributed by atoms with Gasteiger partial charge in [0.25, 0.3) is 0 Å². The van der Waals surface area contributed by atoms with E-state index in [0.29, 0.717) is 6.42 Å². The van der Waals surface area contributed by atoms with E-state index in [0.717, 1.165) is 37.7 Å². The number of carbonyl (C=O) groups is 1. The molecule has 14 heavy (non-hydrogen) atoms. The zero-order valence-corrected chi connectivity index (χ0v) is 8.38. The van der Waals surface area contributed by atoms with Gasteiger partial charge in [-0.15, -0.1) is 0 Å². The first-order valence-electron chi connectivity index (χ1n) is 5.42. The van der Waals surface area contributed by atoms with Crippen molar-refractivity contribution in [2.24, 2.45) is 5.41 Å². The van der Waals surface area contributed by atoms with Crippen LogP contribution in [0.25, 0.3) is 0 Å². The van der Waals surface area contributed by atoms with Crippen molar-refractivity contribution >= 4 is 5.78 Å². The van der Waals surface area contributed by atoms with E-state index in [4.69, 9.17) is 0 Å². The Morgan fingerprint density at radius 2 is 2.07 bits per heavy atom. The smallest absolute Gasteiger partial charge is 0.155 e. The summed E-state index contributed by atoms with van der Waals surface area (Å²) in [6.45, 7) is 0. The molecule has 0 amide bonds. The van der Waals surface area contributed by atoms with Gasteiger partial charge in [-0.1, -0.05) is 12.8 Å². The molecule has 1 atom stereocenters. The van der Waals surface area contributed by atoms with Crippen molar-refractivity contribution in [1.29, 1.82) is 5.26 Å². The summed E-state index contributed by atoms with van der Waals surface area (Å²) >= 11 is 0. The van der Waals surface area contributed by atoms with Gasteiger partial charge < -0.3 is 0 Å². The molecular weight excluding hydrogens is 174 g/mol. The normalized spacial score (nSPS) is 32.5. The van der Waals surface area contributed by atoms with Gasteiger partial charge in [-0.2, -0.15) is 5.26 Å². The van der Waals surface area contributed by atoms with Crippen LogP contribution in [0, 0.1) is 16.7 Å². The molecule has 74 valence electrons. The summed E-state index contributed by atoms with van der Waals surface area (Å²) in [4.78, 5) is 11.3. The molecule has 1 fully saturated rings. The summed E-state index contributed by atoms with van der Waals surface area (Å²) < 4.78 is 0. The second kappa shape index (κ2) is 3.57. The van der Waals surface area contributed by atoms with Gasteiger partial charge in [0.15, 0.2) is 5.78 Å². The number of rotatable bonds is 0. The summed E-state index contributed by atoms with van der Waals surface area (Å²) in [6, 6.07) is 2.46. The minimum absolute atomic E-state index is 0.216. The third kappa shape index (κ3) is 1.48. The molecule has 0 aliphatic heterocycles. The number of ketones is 1. The van der Waals surface area contributed by atoms with Crippen molar-refractivity contribution in [3.8, 4) is 6.07 Å². The van der Waals surface area contributed by atoms with Crippen LogP contribution in [0.15, 0.2) is 11.6 Å². The van der Waals surface area contributed by atoms with Gasteiger partial charge in [0, 0.05) is 6.42 Å². The van der Waals surface area contributed by atoms with Crippen molar-refractivity contribution < 1.29 is 4.79 Å². The molecular formula is C12H15NO. The van der Waals surface area contributed by atoms with E-state index >= 15 is 0 Å². The van der Waals surface area contributed by atoms with Crippen molar-refractivity contribution in [2.45, 2.75) is 44.9 Å². The van der Waals surface area contributed by atoms with Crippen LogP contribution in [0.4, 0.5) is 0 Å². The number of allylic oxidation sites excluding steroid dienone is 2. The number of fused-ring (bicyclic) bond motifs is 1. The lowest BCUT2D eigenvalue weighted by Gasteiger charge is -2.30. The molecule has 1 unspecified atom stereocenters. The minimum atomic E-state index is -0.273. The summed E-state index contributed by atoms with van der Waals surface area (Å²) in [5.41, 5.74) is 0.846. The molecule has 2 rings (SSSR count).